The van der Waals surface area contributed by atoms with Gasteiger partial charge in [0.2, 0.25) is 0 Å². The van der Waals surface area contributed by atoms with Crippen molar-refractivity contribution in [1.82, 2.24) is 4.90 Å². The highest BCUT2D eigenvalue weighted by Gasteiger charge is 2.20. The summed E-state index contributed by atoms with van der Waals surface area (Å²) in [7, 11) is 0. The van der Waals surface area contributed by atoms with Crippen molar-refractivity contribution in [2.24, 2.45) is 0 Å². The Morgan fingerprint density at radius 2 is 2.22 bits per heavy atom. The van der Waals surface area contributed by atoms with Crippen LogP contribution >= 0.6 is 0 Å². The molecule has 0 fully saturated rings. The lowest BCUT2D eigenvalue weighted by molar-refractivity contribution is -0.137. The number of aryl methyl sites for hydroxylation is 1. The second-order valence-electron chi connectivity index (χ2n) is 5.27. The van der Waals surface area contributed by atoms with Crippen LogP contribution in [0.2, 0.25) is 0 Å². The lowest BCUT2D eigenvalue weighted by Gasteiger charge is -2.33. The van der Waals surface area contributed by atoms with Crippen molar-refractivity contribution in [3.05, 3.63) is 34.9 Å². The molecule has 0 radical (unpaired) electrons. The number of carbonyl (C=O) groups is 1. The average Bonchev–Trinajstić information content (AvgIpc) is 2.35. The van der Waals surface area contributed by atoms with Crippen molar-refractivity contribution in [3.63, 3.8) is 0 Å². The van der Waals surface area contributed by atoms with E-state index >= 15 is 0 Å². The van der Waals surface area contributed by atoms with E-state index in [1.165, 1.54) is 16.7 Å². The van der Waals surface area contributed by atoms with Gasteiger partial charge in [0, 0.05) is 25.6 Å². The first-order chi connectivity index (χ1) is 8.56. The molecule has 0 saturated carbocycles. The number of nitrogens with zero attached hydrogens (tertiary/aromatic N) is 1. The zero-order valence-corrected chi connectivity index (χ0v) is 11.1. The van der Waals surface area contributed by atoms with E-state index < -0.39 is 5.97 Å². The second-order valence-corrected chi connectivity index (χ2v) is 5.27. The van der Waals surface area contributed by atoms with E-state index in [-0.39, 0.29) is 6.42 Å². The van der Waals surface area contributed by atoms with Gasteiger partial charge in [0.05, 0.1) is 0 Å². The van der Waals surface area contributed by atoms with Gasteiger partial charge in [-0.15, -0.1) is 0 Å². The highest BCUT2D eigenvalue weighted by Crippen LogP contribution is 2.22. The molecular weight excluding hydrogens is 226 g/mol. The third kappa shape index (κ3) is 3.10. The maximum absolute atomic E-state index is 10.6. The van der Waals surface area contributed by atoms with Crippen LogP contribution in [0.25, 0.3) is 0 Å². The summed E-state index contributed by atoms with van der Waals surface area (Å²) in [5.41, 5.74) is 4.17. The first-order valence-electron chi connectivity index (χ1n) is 6.60. The molecule has 1 aromatic rings. The Kier molecular flexibility index (Phi) is 4.02. The molecule has 0 aromatic heterocycles. The first kappa shape index (κ1) is 13.1. The van der Waals surface area contributed by atoms with Gasteiger partial charge >= 0.3 is 5.97 Å². The van der Waals surface area contributed by atoms with Gasteiger partial charge in [-0.05, 0) is 37.8 Å². The zero-order chi connectivity index (χ0) is 13.1. The summed E-state index contributed by atoms with van der Waals surface area (Å²) < 4.78 is 0. The quantitative estimate of drug-likeness (QED) is 0.889. The third-order valence-electron chi connectivity index (χ3n) is 3.80. The molecule has 0 spiro atoms. The van der Waals surface area contributed by atoms with Crippen LogP contribution in [-0.4, -0.2) is 28.6 Å². The standard InChI is InChI=1S/C15H21NO2/c1-11-3-5-14-10-16(8-7-13(14)9-11)12(2)4-6-15(17)18/h3,5,9,12H,4,6-8,10H2,1-2H3,(H,17,18). The van der Waals surface area contributed by atoms with Crippen LogP contribution < -0.4 is 0 Å². The molecule has 18 heavy (non-hydrogen) atoms. The molecule has 1 aromatic carbocycles. The fourth-order valence-electron chi connectivity index (χ4n) is 2.59. The predicted octanol–water partition coefficient (Wildman–Crippen LogP) is 2.61. The lowest BCUT2D eigenvalue weighted by Crippen LogP contribution is -2.37. The minimum atomic E-state index is -0.699. The number of hydrogen-bond donors (Lipinski definition) is 1. The molecule has 0 bridgehead atoms. The highest BCUT2D eigenvalue weighted by molar-refractivity contribution is 5.66. The fourth-order valence-corrected chi connectivity index (χ4v) is 2.59. The minimum absolute atomic E-state index is 0.262. The lowest BCUT2D eigenvalue weighted by atomic mass is 9.96. The van der Waals surface area contributed by atoms with E-state index in [0.29, 0.717) is 6.04 Å². The van der Waals surface area contributed by atoms with E-state index in [1.807, 2.05) is 0 Å². The number of carboxylic acids is 1. The number of rotatable bonds is 4. The Hall–Kier alpha value is -1.35. The molecule has 3 heteroatoms. The van der Waals surface area contributed by atoms with E-state index in [4.69, 9.17) is 5.11 Å². The molecule has 1 aliphatic rings. The second kappa shape index (κ2) is 5.53. The molecule has 1 heterocycles. The molecule has 98 valence electrons. The van der Waals surface area contributed by atoms with Crippen LogP contribution in [-0.2, 0) is 17.8 Å². The van der Waals surface area contributed by atoms with Crippen LogP contribution in [0.15, 0.2) is 18.2 Å². The third-order valence-corrected chi connectivity index (χ3v) is 3.80. The smallest absolute Gasteiger partial charge is 0.303 e. The normalized spacial score (nSPS) is 17.2. The molecule has 1 aliphatic heterocycles. The molecule has 1 N–H and O–H groups in total. The van der Waals surface area contributed by atoms with Crippen LogP contribution in [0, 0.1) is 6.92 Å². The molecule has 1 unspecified atom stereocenters. The number of fused-ring (bicyclic) bond motifs is 1. The summed E-state index contributed by atoms with van der Waals surface area (Å²) in [6.45, 7) is 6.25. The summed E-state index contributed by atoms with van der Waals surface area (Å²) in [5, 5.41) is 8.73. The van der Waals surface area contributed by atoms with Crippen molar-refractivity contribution in [3.8, 4) is 0 Å². The first-order valence-corrected chi connectivity index (χ1v) is 6.60. The Bertz CT molecular complexity index is 442. The Labute approximate surface area is 108 Å². The maximum atomic E-state index is 10.6. The summed E-state index contributed by atoms with van der Waals surface area (Å²) >= 11 is 0. The Morgan fingerprint density at radius 3 is 2.94 bits per heavy atom. The van der Waals surface area contributed by atoms with Crippen molar-refractivity contribution >= 4 is 5.97 Å². The van der Waals surface area contributed by atoms with Gasteiger partial charge in [-0.25, -0.2) is 0 Å². The topological polar surface area (TPSA) is 40.5 Å². The van der Waals surface area contributed by atoms with Crippen molar-refractivity contribution < 1.29 is 9.90 Å². The average molecular weight is 247 g/mol. The van der Waals surface area contributed by atoms with Gasteiger partial charge in [-0.3, -0.25) is 9.69 Å². The van der Waals surface area contributed by atoms with E-state index in [9.17, 15) is 4.79 Å². The Balaban J connectivity index is 1.98. The van der Waals surface area contributed by atoms with Gasteiger partial charge in [-0.1, -0.05) is 23.8 Å². The fraction of sp³-hybridized carbons (Fsp3) is 0.533. The maximum Gasteiger partial charge on any atom is 0.303 e. The van der Waals surface area contributed by atoms with Gasteiger partial charge in [0.25, 0.3) is 0 Å². The summed E-state index contributed by atoms with van der Waals surface area (Å²) in [6.07, 6.45) is 2.07. The molecule has 0 aliphatic carbocycles. The van der Waals surface area contributed by atoms with Crippen molar-refractivity contribution in [2.45, 2.75) is 45.7 Å². The van der Waals surface area contributed by atoms with E-state index in [1.54, 1.807) is 0 Å². The van der Waals surface area contributed by atoms with Crippen molar-refractivity contribution in [2.75, 3.05) is 6.54 Å². The highest BCUT2D eigenvalue weighted by atomic mass is 16.4. The zero-order valence-electron chi connectivity index (χ0n) is 11.1. The van der Waals surface area contributed by atoms with E-state index in [2.05, 4.69) is 36.9 Å². The van der Waals surface area contributed by atoms with Crippen LogP contribution in [0.3, 0.4) is 0 Å². The number of carboxylic acid groups (broad SMARTS) is 1. The summed E-state index contributed by atoms with van der Waals surface area (Å²) in [4.78, 5) is 13.0. The molecule has 0 amide bonds. The SMILES string of the molecule is Cc1ccc2c(c1)CCN(C(C)CCC(=O)O)C2. The van der Waals surface area contributed by atoms with Crippen LogP contribution in [0.5, 0.6) is 0 Å². The molecule has 3 nitrogen and oxygen atoms in total. The minimum Gasteiger partial charge on any atom is -0.481 e. The molecule has 2 rings (SSSR count). The van der Waals surface area contributed by atoms with Crippen LogP contribution in [0.4, 0.5) is 0 Å². The van der Waals surface area contributed by atoms with Gasteiger partial charge in [0.1, 0.15) is 0 Å². The van der Waals surface area contributed by atoms with Gasteiger partial charge < -0.3 is 5.11 Å². The van der Waals surface area contributed by atoms with Gasteiger partial charge in [-0.2, -0.15) is 0 Å². The number of hydrogen-bond acceptors (Lipinski definition) is 2. The van der Waals surface area contributed by atoms with Crippen LogP contribution in [0.1, 0.15) is 36.5 Å². The Morgan fingerprint density at radius 1 is 1.44 bits per heavy atom. The van der Waals surface area contributed by atoms with Crippen molar-refractivity contribution in [1.29, 1.82) is 0 Å². The summed E-state index contributed by atoms with van der Waals surface area (Å²) in [6, 6.07) is 6.98. The van der Waals surface area contributed by atoms with E-state index in [0.717, 1.165) is 25.9 Å². The monoisotopic (exact) mass is 247 g/mol. The van der Waals surface area contributed by atoms with Gasteiger partial charge in [0.15, 0.2) is 0 Å². The number of aliphatic carboxylic acids is 1. The largest absolute Gasteiger partial charge is 0.481 e. The molecule has 1 atom stereocenters. The molecular formula is C15H21NO2. The summed E-state index contributed by atoms with van der Waals surface area (Å²) in [5.74, 6) is -0.699. The predicted molar refractivity (Wildman–Crippen MR) is 71.6 cm³/mol. The number of benzene rings is 1. The molecule has 0 saturated heterocycles.